The van der Waals surface area contributed by atoms with Crippen molar-refractivity contribution in [3.05, 3.63) is 68.6 Å². The van der Waals surface area contributed by atoms with Crippen LogP contribution in [0.1, 0.15) is 10.6 Å². The molecular formula is C15H11BrClN3O2S2. The van der Waals surface area contributed by atoms with Crippen molar-refractivity contribution in [3.63, 3.8) is 0 Å². The van der Waals surface area contributed by atoms with E-state index in [0.29, 0.717) is 16.5 Å². The summed E-state index contributed by atoms with van der Waals surface area (Å²) in [5.41, 5.74) is 1.03. The highest BCUT2D eigenvalue weighted by Crippen LogP contribution is 2.23. The molecule has 0 atom stereocenters. The van der Waals surface area contributed by atoms with Gasteiger partial charge in [0.2, 0.25) is 5.13 Å². The summed E-state index contributed by atoms with van der Waals surface area (Å²) in [5, 5.41) is 9.55. The number of halogens is 2. The first-order valence-corrected chi connectivity index (χ1v) is 10.2. The first kappa shape index (κ1) is 17.3. The molecule has 3 rings (SSSR count). The fourth-order valence-corrected chi connectivity index (χ4v) is 4.33. The fraction of sp³-hybridized carbons (Fsp3) is 0.0667. The smallest absolute Gasteiger partial charge is 0.253 e. The lowest BCUT2D eigenvalue weighted by Crippen LogP contribution is -2.12. The second-order valence-corrected chi connectivity index (χ2v) is 8.96. The number of nitrogens with one attached hydrogen (secondary N) is 1. The standard InChI is InChI=1S/C15H11BrClN3O2S2/c16-11-3-7-13(8-4-11)24(21,22)20-15-19-18-14(23-15)9-10-1-5-12(17)6-2-10/h1-8H,9H2,(H,19,20). The topological polar surface area (TPSA) is 72.0 Å². The predicted octanol–water partition coefficient (Wildman–Crippen LogP) is 4.35. The second kappa shape index (κ2) is 7.18. The van der Waals surface area contributed by atoms with Crippen LogP contribution < -0.4 is 4.72 Å². The van der Waals surface area contributed by atoms with Crippen molar-refractivity contribution in [3.8, 4) is 0 Å². The van der Waals surface area contributed by atoms with E-state index < -0.39 is 10.0 Å². The summed E-state index contributed by atoms with van der Waals surface area (Å²) in [4.78, 5) is 0.167. The average molecular weight is 445 g/mol. The molecule has 9 heteroatoms. The highest BCUT2D eigenvalue weighted by molar-refractivity contribution is 9.10. The average Bonchev–Trinajstić information content (AvgIpc) is 2.96. The van der Waals surface area contributed by atoms with Crippen molar-refractivity contribution in [1.82, 2.24) is 10.2 Å². The molecule has 2 aromatic carbocycles. The van der Waals surface area contributed by atoms with E-state index in [9.17, 15) is 8.42 Å². The Labute approximate surface area is 156 Å². The van der Waals surface area contributed by atoms with Crippen molar-refractivity contribution in [1.29, 1.82) is 0 Å². The van der Waals surface area contributed by atoms with E-state index in [-0.39, 0.29) is 10.0 Å². The highest BCUT2D eigenvalue weighted by Gasteiger charge is 2.16. The molecule has 0 fully saturated rings. The van der Waals surface area contributed by atoms with Gasteiger partial charge in [-0.25, -0.2) is 8.42 Å². The lowest BCUT2D eigenvalue weighted by Gasteiger charge is -2.04. The van der Waals surface area contributed by atoms with E-state index in [0.717, 1.165) is 10.0 Å². The Morgan fingerprint density at radius 1 is 1.04 bits per heavy atom. The van der Waals surface area contributed by atoms with Gasteiger partial charge in [0.25, 0.3) is 10.0 Å². The van der Waals surface area contributed by atoms with Crippen LogP contribution >= 0.6 is 38.9 Å². The first-order valence-electron chi connectivity index (χ1n) is 6.77. The first-order chi connectivity index (χ1) is 11.4. The van der Waals surface area contributed by atoms with Crippen molar-refractivity contribution in [2.24, 2.45) is 0 Å². The Balaban J connectivity index is 1.73. The van der Waals surface area contributed by atoms with Crippen LogP contribution in [0.3, 0.4) is 0 Å². The minimum absolute atomic E-state index is 0.167. The molecule has 0 saturated carbocycles. The summed E-state index contributed by atoms with van der Waals surface area (Å²) in [5.74, 6) is 0. The quantitative estimate of drug-likeness (QED) is 0.635. The number of rotatable bonds is 5. The molecule has 0 amide bonds. The third kappa shape index (κ3) is 4.32. The zero-order valence-electron chi connectivity index (χ0n) is 12.1. The van der Waals surface area contributed by atoms with Crippen LogP contribution in [0.15, 0.2) is 57.9 Å². The van der Waals surface area contributed by atoms with Gasteiger partial charge in [-0.05, 0) is 42.0 Å². The van der Waals surface area contributed by atoms with Gasteiger partial charge in [0.1, 0.15) is 5.01 Å². The van der Waals surface area contributed by atoms with Crippen LogP contribution in [0.2, 0.25) is 5.02 Å². The number of hydrogen-bond acceptors (Lipinski definition) is 5. The zero-order valence-corrected chi connectivity index (χ0v) is 16.1. The molecule has 0 aliphatic carbocycles. The van der Waals surface area contributed by atoms with Gasteiger partial charge in [-0.1, -0.05) is 51.0 Å². The Hall–Kier alpha value is -1.48. The third-order valence-corrected chi connectivity index (χ3v) is 6.18. The minimum atomic E-state index is -3.68. The summed E-state index contributed by atoms with van der Waals surface area (Å²) in [6.45, 7) is 0. The highest BCUT2D eigenvalue weighted by atomic mass is 79.9. The molecule has 0 bridgehead atoms. The summed E-state index contributed by atoms with van der Waals surface area (Å²) in [6, 6.07) is 13.8. The van der Waals surface area contributed by atoms with Gasteiger partial charge in [0.15, 0.2) is 0 Å². The molecular weight excluding hydrogens is 434 g/mol. The van der Waals surface area contributed by atoms with E-state index in [1.807, 2.05) is 12.1 Å². The molecule has 124 valence electrons. The molecule has 0 aliphatic rings. The van der Waals surface area contributed by atoms with Gasteiger partial charge in [0.05, 0.1) is 4.90 Å². The Morgan fingerprint density at radius 2 is 1.71 bits per heavy atom. The van der Waals surface area contributed by atoms with Gasteiger partial charge in [-0.15, -0.1) is 10.2 Å². The summed E-state index contributed by atoms with van der Waals surface area (Å²) < 4.78 is 27.9. The molecule has 0 unspecified atom stereocenters. The molecule has 3 aromatic rings. The molecule has 0 radical (unpaired) electrons. The maximum atomic E-state index is 12.3. The predicted molar refractivity (Wildman–Crippen MR) is 99.1 cm³/mol. The third-order valence-electron chi connectivity index (χ3n) is 3.08. The van der Waals surface area contributed by atoms with Crippen molar-refractivity contribution in [2.45, 2.75) is 11.3 Å². The van der Waals surface area contributed by atoms with Crippen molar-refractivity contribution >= 4 is 54.0 Å². The Kier molecular flexibility index (Phi) is 5.19. The summed E-state index contributed by atoms with van der Waals surface area (Å²) in [7, 11) is -3.68. The van der Waals surface area contributed by atoms with Gasteiger partial charge >= 0.3 is 0 Å². The van der Waals surface area contributed by atoms with E-state index in [4.69, 9.17) is 11.6 Å². The van der Waals surface area contributed by atoms with Gasteiger partial charge < -0.3 is 0 Å². The van der Waals surface area contributed by atoms with E-state index in [2.05, 4.69) is 30.8 Å². The van der Waals surface area contributed by atoms with Crippen LogP contribution in [-0.4, -0.2) is 18.6 Å². The van der Waals surface area contributed by atoms with Crippen molar-refractivity contribution in [2.75, 3.05) is 4.72 Å². The zero-order chi connectivity index (χ0) is 17.2. The molecule has 0 spiro atoms. The monoisotopic (exact) mass is 443 g/mol. The number of benzene rings is 2. The number of aromatic nitrogens is 2. The van der Waals surface area contributed by atoms with Gasteiger partial charge in [-0.3, -0.25) is 4.72 Å². The fourth-order valence-electron chi connectivity index (χ4n) is 1.93. The van der Waals surface area contributed by atoms with Crippen LogP contribution in [0, 0.1) is 0 Å². The van der Waals surface area contributed by atoms with E-state index in [1.54, 1.807) is 24.3 Å². The number of hydrogen-bond donors (Lipinski definition) is 1. The van der Waals surface area contributed by atoms with Crippen LogP contribution in [-0.2, 0) is 16.4 Å². The molecule has 24 heavy (non-hydrogen) atoms. The Bertz CT molecular complexity index is 942. The minimum Gasteiger partial charge on any atom is -0.253 e. The molecule has 0 saturated heterocycles. The maximum absolute atomic E-state index is 12.3. The summed E-state index contributed by atoms with van der Waals surface area (Å²) in [6.07, 6.45) is 0.564. The Morgan fingerprint density at radius 3 is 2.38 bits per heavy atom. The van der Waals surface area contributed by atoms with Gasteiger partial charge in [-0.2, -0.15) is 0 Å². The lowest BCUT2D eigenvalue weighted by atomic mass is 10.2. The number of anilines is 1. The largest absolute Gasteiger partial charge is 0.263 e. The second-order valence-electron chi connectivity index (χ2n) is 4.86. The van der Waals surface area contributed by atoms with Crippen LogP contribution in [0.4, 0.5) is 5.13 Å². The molecule has 1 N–H and O–H groups in total. The number of nitrogens with zero attached hydrogens (tertiary/aromatic N) is 2. The van der Waals surface area contributed by atoms with E-state index in [1.165, 1.54) is 23.5 Å². The van der Waals surface area contributed by atoms with Gasteiger partial charge in [0, 0.05) is 15.9 Å². The molecule has 1 heterocycles. The molecule has 5 nitrogen and oxygen atoms in total. The lowest BCUT2D eigenvalue weighted by molar-refractivity contribution is 0.601. The van der Waals surface area contributed by atoms with E-state index >= 15 is 0 Å². The molecule has 0 aliphatic heterocycles. The SMILES string of the molecule is O=S(=O)(Nc1nnc(Cc2ccc(Cl)cc2)s1)c1ccc(Br)cc1. The summed E-state index contributed by atoms with van der Waals surface area (Å²) >= 11 is 10.3. The molecule has 1 aromatic heterocycles. The maximum Gasteiger partial charge on any atom is 0.263 e. The van der Waals surface area contributed by atoms with Crippen LogP contribution in [0.25, 0.3) is 0 Å². The van der Waals surface area contributed by atoms with Crippen molar-refractivity contribution < 1.29 is 8.42 Å². The normalized spacial score (nSPS) is 11.4. The number of sulfonamides is 1. The van der Waals surface area contributed by atoms with Crippen LogP contribution in [0.5, 0.6) is 0 Å².